The molecule has 9 heteroatoms. The van der Waals surface area contributed by atoms with Gasteiger partial charge in [0.2, 0.25) is 0 Å². The zero-order chi connectivity index (χ0) is 26.8. The Kier molecular flexibility index (Phi) is 7.28. The van der Waals surface area contributed by atoms with E-state index in [1.165, 1.54) is 16.9 Å². The molecule has 5 rings (SSSR count). The summed E-state index contributed by atoms with van der Waals surface area (Å²) in [5.74, 6) is 0.756. The fourth-order valence-electron chi connectivity index (χ4n) is 4.81. The zero-order valence-electron chi connectivity index (χ0n) is 21.7. The van der Waals surface area contributed by atoms with Crippen molar-refractivity contribution in [1.82, 2.24) is 14.9 Å². The van der Waals surface area contributed by atoms with Crippen LogP contribution in [-0.2, 0) is 0 Å². The minimum Gasteiger partial charge on any atom is -0.368 e. The van der Waals surface area contributed by atoms with E-state index in [9.17, 15) is 14.4 Å². The van der Waals surface area contributed by atoms with Gasteiger partial charge in [-0.3, -0.25) is 14.4 Å². The van der Waals surface area contributed by atoms with E-state index >= 15 is 0 Å². The zero-order valence-corrected chi connectivity index (χ0v) is 22.5. The first-order chi connectivity index (χ1) is 18.3. The highest BCUT2D eigenvalue weighted by Gasteiger charge is 2.25. The van der Waals surface area contributed by atoms with Crippen LogP contribution in [0.1, 0.15) is 64.4 Å². The van der Waals surface area contributed by atoms with Crippen LogP contribution in [0.25, 0.3) is 10.2 Å². The Bertz CT molecular complexity index is 1530. The maximum atomic E-state index is 13.3. The summed E-state index contributed by atoms with van der Waals surface area (Å²) in [7, 11) is 0. The molecule has 38 heavy (non-hydrogen) atoms. The first-order valence-electron chi connectivity index (χ1n) is 12.8. The van der Waals surface area contributed by atoms with Crippen LogP contribution in [0.5, 0.6) is 0 Å². The van der Waals surface area contributed by atoms with Gasteiger partial charge in [0.25, 0.3) is 11.8 Å². The highest BCUT2D eigenvalue weighted by atomic mass is 32.1. The number of rotatable bonds is 6. The second-order valence-electron chi connectivity index (χ2n) is 10.1. The van der Waals surface area contributed by atoms with Crippen molar-refractivity contribution < 1.29 is 9.59 Å². The minimum absolute atomic E-state index is 0.0379. The third kappa shape index (κ3) is 5.62. The molecule has 3 N–H and O–H groups in total. The number of hydrogen-bond donors (Lipinski definition) is 3. The van der Waals surface area contributed by atoms with E-state index in [1.807, 2.05) is 43.9 Å². The number of thiazole rings is 1. The van der Waals surface area contributed by atoms with Crippen molar-refractivity contribution in [3.63, 3.8) is 0 Å². The van der Waals surface area contributed by atoms with Gasteiger partial charge < -0.3 is 20.5 Å². The number of aryl methyl sites for hydroxylation is 1. The number of fused-ring (bicyclic) bond motifs is 1. The van der Waals surface area contributed by atoms with Gasteiger partial charge in [0.05, 0.1) is 15.8 Å². The minimum atomic E-state index is -0.272. The Labute approximate surface area is 225 Å². The standard InChI is InChI=1S/C29H31N5O3S/c1-17(2)31-26-9-7-22(16-30-26)27(35)32-24-14-21(5-4-18(24)3)28(36)34-12-10-19(11-13-34)20-6-8-23-25(15-20)38-29(37)33-23/h4-9,14-17,19H,10-13H2,1-3H3,(H,30,31)(H,32,35)(H,33,37). The monoisotopic (exact) mass is 529 g/mol. The van der Waals surface area contributed by atoms with E-state index in [0.717, 1.165) is 28.6 Å². The van der Waals surface area contributed by atoms with Crippen molar-refractivity contribution in [3.05, 3.63) is 86.6 Å². The smallest absolute Gasteiger partial charge is 0.305 e. The van der Waals surface area contributed by atoms with E-state index in [1.54, 1.807) is 24.4 Å². The van der Waals surface area contributed by atoms with Gasteiger partial charge in [0.15, 0.2) is 0 Å². The normalized spacial score (nSPS) is 14.2. The Morgan fingerprint density at radius 2 is 1.82 bits per heavy atom. The first-order valence-corrected chi connectivity index (χ1v) is 13.6. The summed E-state index contributed by atoms with van der Waals surface area (Å²) in [5, 5.41) is 6.14. The lowest BCUT2D eigenvalue weighted by Crippen LogP contribution is -2.38. The molecule has 8 nitrogen and oxygen atoms in total. The molecule has 1 aliphatic heterocycles. The molecular weight excluding hydrogens is 498 g/mol. The highest BCUT2D eigenvalue weighted by molar-refractivity contribution is 7.16. The van der Waals surface area contributed by atoms with Crippen molar-refractivity contribution in [2.24, 2.45) is 0 Å². The molecule has 196 valence electrons. The van der Waals surface area contributed by atoms with E-state index in [4.69, 9.17) is 0 Å². The second kappa shape index (κ2) is 10.8. The number of likely N-dealkylation sites (tertiary alicyclic amines) is 1. The fourth-order valence-corrected chi connectivity index (χ4v) is 5.59. The van der Waals surface area contributed by atoms with Gasteiger partial charge >= 0.3 is 4.87 Å². The van der Waals surface area contributed by atoms with Crippen LogP contribution < -0.4 is 15.5 Å². The summed E-state index contributed by atoms with van der Waals surface area (Å²) in [5.41, 5.74) is 4.57. The second-order valence-corrected chi connectivity index (χ2v) is 11.1. The predicted molar refractivity (Wildman–Crippen MR) is 152 cm³/mol. The van der Waals surface area contributed by atoms with E-state index in [2.05, 4.69) is 32.7 Å². The quantitative estimate of drug-likeness (QED) is 0.311. The maximum Gasteiger partial charge on any atom is 0.305 e. The molecule has 2 aromatic carbocycles. The fraction of sp³-hybridized carbons (Fsp3) is 0.310. The van der Waals surface area contributed by atoms with Gasteiger partial charge in [-0.25, -0.2) is 4.98 Å². The summed E-state index contributed by atoms with van der Waals surface area (Å²) in [4.78, 5) is 46.8. The summed E-state index contributed by atoms with van der Waals surface area (Å²) >= 11 is 1.23. The molecule has 0 radical (unpaired) electrons. The number of benzene rings is 2. The number of piperidine rings is 1. The van der Waals surface area contributed by atoms with Crippen molar-refractivity contribution in [3.8, 4) is 0 Å². The Balaban J connectivity index is 1.23. The molecule has 1 aliphatic rings. The van der Waals surface area contributed by atoms with Gasteiger partial charge in [-0.1, -0.05) is 23.5 Å². The van der Waals surface area contributed by atoms with Crippen LogP contribution in [0.3, 0.4) is 0 Å². The summed E-state index contributed by atoms with van der Waals surface area (Å²) < 4.78 is 0.971. The number of aromatic nitrogens is 2. The molecule has 0 unspecified atom stereocenters. The van der Waals surface area contributed by atoms with Crippen LogP contribution in [0.4, 0.5) is 11.5 Å². The topological polar surface area (TPSA) is 107 Å². The third-order valence-corrected chi connectivity index (χ3v) is 7.74. The number of carbonyl (C=O) groups excluding carboxylic acids is 2. The number of nitrogens with one attached hydrogen (secondary N) is 3. The number of hydrogen-bond acceptors (Lipinski definition) is 6. The number of H-pyrrole nitrogens is 1. The van der Waals surface area contributed by atoms with Gasteiger partial charge in [0.1, 0.15) is 5.82 Å². The largest absolute Gasteiger partial charge is 0.368 e. The van der Waals surface area contributed by atoms with Crippen LogP contribution >= 0.6 is 11.3 Å². The molecule has 3 heterocycles. The van der Waals surface area contributed by atoms with Gasteiger partial charge in [-0.2, -0.15) is 0 Å². The molecule has 0 aliphatic carbocycles. The van der Waals surface area contributed by atoms with Crippen molar-refractivity contribution in [1.29, 1.82) is 0 Å². The maximum absolute atomic E-state index is 13.3. The number of amides is 2. The van der Waals surface area contributed by atoms with Crippen molar-refractivity contribution in [2.45, 2.75) is 45.6 Å². The molecule has 0 spiro atoms. The van der Waals surface area contributed by atoms with Crippen LogP contribution in [0.2, 0.25) is 0 Å². The molecule has 0 bridgehead atoms. The molecule has 1 fully saturated rings. The number of nitrogens with zero attached hydrogens (tertiary/aromatic N) is 2. The molecule has 0 atom stereocenters. The van der Waals surface area contributed by atoms with Crippen molar-refractivity contribution in [2.75, 3.05) is 23.7 Å². The average Bonchev–Trinajstić information content (AvgIpc) is 3.29. The first kappa shape index (κ1) is 25.7. The summed E-state index contributed by atoms with van der Waals surface area (Å²) in [6.07, 6.45) is 3.27. The highest BCUT2D eigenvalue weighted by Crippen LogP contribution is 2.31. The van der Waals surface area contributed by atoms with Crippen LogP contribution in [0.15, 0.2) is 59.5 Å². The lowest BCUT2D eigenvalue weighted by atomic mass is 9.89. The summed E-state index contributed by atoms with van der Waals surface area (Å²) in [6.45, 7) is 7.26. The molecule has 4 aromatic rings. The Hall–Kier alpha value is -3.98. The van der Waals surface area contributed by atoms with E-state index < -0.39 is 0 Å². The predicted octanol–water partition coefficient (Wildman–Crippen LogP) is 5.39. The van der Waals surface area contributed by atoms with Gasteiger partial charge in [-0.05, 0) is 87.1 Å². The Morgan fingerprint density at radius 3 is 2.53 bits per heavy atom. The summed E-state index contributed by atoms with van der Waals surface area (Å²) in [6, 6.07) is 15.3. The number of aromatic amines is 1. The molecule has 2 aromatic heterocycles. The number of pyridine rings is 1. The average molecular weight is 530 g/mol. The molecule has 0 saturated carbocycles. The van der Waals surface area contributed by atoms with Crippen LogP contribution in [0, 0.1) is 6.92 Å². The lowest BCUT2D eigenvalue weighted by molar-refractivity contribution is 0.0712. The SMILES string of the molecule is Cc1ccc(C(=O)N2CCC(c3ccc4[nH]c(=O)sc4c3)CC2)cc1NC(=O)c1ccc(NC(C)C)nc1. The molecule has 1 saturated heterocycles. The molecule has 2 amide bonds. The third-order valence-electron chi connectivity index (χ3n) is 6.89. The number of carbonyl (C=O) groups is 2. The Morgan fingerprint density at radius 1 is 1.05 bits per heavy atom. The lowest BCUT2D eigenvalue weighted by Gasteiger charge is -2.32. The van der Waals surface area contributed by atoms with Crippen LogP contribution in [-0.4, -0.2) is 45.8 Å². The van der Waals surface area contributed by atoms with E-state index in [-0.39, 0.29) is 22.7 Å². The van der Waals surface area contributed by atoms with Crippen molar-refractivity contribution >= 4 is 44.9 Å². The molecular formula is C29H31N5O3S. The van der Waals surface area contributed by atoms with Gasteiger partial charge in [-0.15, -0.1) is 0 Å². The number of anilines is 2. The van der Waals surface area contributed by atoms with E-state index in [0.29, 0.717) is 41.6 Å². The van der Waals surface area contributed by atoms with Gasteiger partial charge in [0, 0.05) is 36.6 Å².